The van der Waals surface area contributed by atoms with E-state index >= 15 is 0 Å². The Morgan fingerprint density at radius 2 is 1.87 bits per heavy atom. The Hall–Kier alpha value is -1.40. The molecule has 1 aliphatic carbocycles. The molecule has 1 fully saturated rings. The zero-order chi connectivity index (χ0) is 16.9. The van der Waals surface area contributed by atoms with Gasteiger partial charge in [-0.3, -0.25) is 4.79 Å². The SMILES string of the molecule is CCCC(=O)O[C@H]1CCCC[C@@H]1NS(=O)(=O)c1ccc(C)cc1. The van der Waals surface area contributed by atoms with E-state index in [0.29, 0.717) is 19.3 Å². The number of ether oxygens (including phenoxy) is 1. The van der Waals surface area contributed by atoms with E-state index in [-0.39, 0.29) is 23.0 Å². The van der Waals surface area contributed by atoms with Crippen molar-refractivity contribution < 1.29 is 17.9 Å². The molecule has 2 rings (SSSR count). The van der Waals surface area contributed by atoms with Crippen molar-refractivity contribution >= 4 is 16.0 Å². The van der Waals surface area contributed by atoms with Gasteiger partial charge in [-0.15, -0.1) is 0 Å². The Morgan fingerprint density at radius 3 is 2.52 bits per heavy atom. The van der Waals surface area contributed by atoms with Crippen molar-refractivity contribution in [2.75, 3.05) is 0 Å². The van der Waals surface area contributed by atoms with Crippen LogP contribution >= 0.6 is 0 Å². The molecule has 0 aliphatic heterocycles. The lowest BCUT2D eigenvalue weighted by molar-refractivity contribution is -0.151. The molecule has 1 aliphatic rings. The molecule has 0 aromatic heterocycles. The lowest BCUT2D eigenvalue weighted by Gasteiger charge is -2.31. The molecule has 1 N–H and O–H groups in total. The number of hydrogen-bond donors (Lipinski definition) is 1. The van der Waals surface area contributed by atoms with Crippen molar-refractivity contribution in [3.63, 3.8) is 0 Å². The highest BCUT2D eigenvalue weighted by Gasteiger charge is 2.31. The summed E-state index contributed by atoms with van der Waals surface area (Å²) in [5.74, 6) is -0.251. The van der Waals surface area contributed by atoms with Gasteiger partial charge in [0.1, 0.15) is 6.10 Å². The van der Waals surface area contributed by atoms with Crippen LogP contribution in [0.4, 0.5) is 0 Å². The number of rotatable bonds is 6. The van der Waals surface area contributed by atoms with Crippen LogP contribution < -0.4 is 4.72 Å². The van der Waals surface area contributed by atoms with Crippen LogP contribution in [0.5, 0.6) is 0 Å². The van der Waals surface area contributed by atoms with Crippen LogP contribution in [0.25, 0.3) is 0 Å². The molecule has 0 heterocycles. The fraction of sp³-hybridized carbons (Fsp3) is 0.588. The Bertz CT molecular complexity index is 624. The average molecular weight is 339 g/mol. The molecular weight excluding hydrogens is 314 g/mol. The highest BCUT2D eigenvalue weighted by molar-refractivity contribution is 7.89. The molecule has 6 heteroatoms. The molecule has 1 aromatic rings. The summed E-state index contributed by atoms with van der Waals surface area (Å²) in [5, 5.41) is 0. The Balaban J connectivity index is 2.08. The number of aryl methyl sites for hydroxylation is 1. The standard InChI is InChI=1S/C17H25NO4S/c1-3-6-17(19)22-16-8-5-4-7-15(16)18-23(20,21)14-11-9-13(2)10-12-14/h9-12,15-16,18H,3-8H2,1-2H3/t15-,16-/m0/s1. The van der Waals surface area contributed by atoms with E-state index in [1.165, 1.54) is 0 Å². The molecule has 0 bridgehead atoms. The van der Waals surface area contributed by atoms with Crippen LogP contribution in [0.1, 0.15) is 51.0 Å². The van der Waals surface area contributed by atoms with Gasteiger partial charge in [-0.25, -0.2) is 13.1 Å². The second kappa shape index (κ2) is 7.93. The third-order valence-corrected chi connectivity index (χ3v) is 5.58. The highest BCUT2D eigenvalue weighted by atomic mass is 32.2. The molecular formula is C17H25NO4S. The van der Waals surface area contributed by atoms with Crippen LogP contribution in [-0.4, -0.2) is 26.5 Å². The second-order valence-corrected chi connectivity index (χ2v) is 7.82. The van der Waals surface area contributed by atoms with Crippen molar-refractivity contribution in [2.24, 2.45) is 0 Å². The minimum Gasteiger partial charge on any atom is -0.461 e. The smallest absolute Gasteiger partial charge is 0.306 e. The number of hydrogen-bond acceptors (Lipinski definition) is 4. The number of sulfonamides is 1. The predicted octanol–water partition coefficient (Wildman–Crippen LogP) is 2.93. The van der Waals surface area contributed by atoms with Gasteiger partial charge in [-0.05, 0) is 44.7 Å². The Kier molecular flexibility index (Phi) is 6.18. The summed E-state index contributed by atoms with van der Waals surface area (Å²) < 4.78 is 33.2. The van der Waals surface area contributed by atoms with Crippen LogP contribution in [0.2, 0.25) is 0 Å². The van der Waals surface area contributed by atoms with E-state index in [4.69, 9.17) is 4.74 Å². The van der Waals surface area contributed by atoms with Crippen LogP contribution in [-0.2, 0) is 19.6 Å². The summed E-state index contributed by atoms with van der Waals surface area (Å²) in [4.78, 5) is 12.0. The number of esters is 1. The maximum absolute atomic E-state index is 12.5. The largest absolute Gasteiger partial charge is 0.461 e. The monoisotopic (exact) mass is 339 g/mol. The van der Waals surface area contributed by atoms with Gasteiger partial charge >= 0.3 is 5.97 Å². The van der Waals surface area contributed by atoms with Crippen LogP contribution in [0.3, 0.4) is 0 Å². The molecule has 0 amide bonds. The van der Waals surface area contributed by atoms with E-state index in [0.717, 1.165) is 24.8 Å². The summed E-state index contributed by atoms with van der Waals surface area (Å²) in [5.41, 5.74) is 1.01. The summed E-state index contributed by atoms with van der Waals surface area (Å²) in [6.45, 7) is 3.83. The second-order valence-electron chi connectivity index (χ2n) is 6.10. The van der Waals surface area contributed by atoms with Gasteiger partial charge in [0.2, 0.25) is 10.0 Å². The quantitative estimate of drug-likeness (QED) is 0.809. The lowest BCUT2D eigenvalue weighted by Crippen LogP contribution is -2.46. The molecule has 0 spiro atoms. The molecule has 1 aromatic carbocycles. The van der Waals surface area contributed by atoms with Crippen molar-refractivity contribution in [1.82, 2.24) is 4.72 Å². The van der Waals surface area contributed by atoms with E-state index < -0.39 is 10.0 Å². The molecule has 0 unspecified atom stereocenters. The lowest BCUT2D eigenvalue weighted by atomic mass is 9.93. The third kappa shape index (κ3) is 5.04. The normalized spacial score (nSPS) is 21.8. The number of benzene rings is 1. The van der Waals surface area contributed by atoms with Crippen LogP contribution in [0, 0.1) is 6.92 Å². The maximum atomic E-state index is 12.5. The van der Waals surface area contributed by atoms with E-state index in [1.54, 1.807) is 24.3 Å². The summed E-state index contributed by atoms with van der Waals surface area (Å²) in [6, 6.07) is 6.38. The first-order valence-corrected chi connectivity index (χ1v) is 9.69. The third-order valence-electron chi connectivity index (χ3n) is 4.08. The average Bonchev–Trinajstić information content (AvgIpc) is 2.50. The molecule has 1 saturated carbocycles. The van der Waals surface area contributed by atoms with Crippen molar-refractivity contribution in [3.05, 3.63) is 29.8 Å². The molecule has 0 radical (unpaired) electrons. The zero-order valence-electron chi connectivity index (χ0n) is 13.7. The van der Waals surface area contributed by atoms with Crippen molar-refractivity contribution in [3.8, 4) is 0 Å². The molecule has 5 nitrogen and oxygen atoms in total. The minimum absolute atomic E-state index is 0.243. The molecule has 0 saturated heterocycles. The first-order chi connectivity index (χ1) is 10.9. The van der Waals surface area contributed by atoms with Gasteiger partial charge in [0, 0.05) is 6.42 Å². The summed E-state index contributed by atoms with van der Waals surface area (Å²) >= 11 is 0. The Labute approximate surface area is 138 Å². The highest BCUT2D eigenvalue weighted by Crippen LogP contribution is 2.24. The fourth-order valence-electron chi connectivity index (χ4n) is 2.79. The van der Waals surface area contributed by atoms with Gasteiger partial charge < -0.3 is 4.74 Å². The first-order valence-electron chi connectivity index (χ1n) is 8.21. The van der Waals surface area contributed by atoms with Gasteiger partial charge in [-0.1, -0.05) is 31.0 Å². The van der Waals surface area contributed by atoms with E-state index in [2.05, 4.69) is 4.72 Å². The minimum atomic E-state index is -3.60. The van der Waals surface area contributed by atoms with E-state index in [9.17, 15) is 13.2 Å². The van der Waals surface area contributed by atoms with Gasteiger partial charge in [-0.2, -0.15) is 0 Å². The first kappa shape index (κ1) is 17.9. The topological polar surface area (TPSA) is 72.5 Å². The van der Waals surface area contributed by atoms with Gasteiger partial charge in [0.15, 0.2) is 0 Å². The predicted molar refractivity (Wildman–Crippen MR) is 88.5 cm³/mol. The number of nitrogens with one attached hydrogen (secondary N) is 1. The fourth-order valence-corrected chi connectivity index (χ4v) is 4.09. The number of carbonyl (C=O) groups excluding carboxylic acids is 1. The molecule has 23 heavy (non-hydrogen) atoms. The zero-order valence-corrected chi connectivity index (χ0v) is 14.6. The maximum Gasteiger partial charge on any atom is 0.306 e. The summed E-state index contributed by atoms with van der Waals surface area (Å²) in [7, 11) is -3.60. The summed E-state index contributed by atoms with van der Waals surface area (Å²) in [6.07, 6.45) is 4.00. The molecule has 128 valence electrons. The van der Waals surface area contributed by atoms with E-state index in [1.807, 2.05) is 13.8 Å². The van der Waals surface area contributed by atoms with Gasteiger partial charge in [0.25, 0.3) is 0 Å². The number of carbonyl (C=O) groups is 1. The Morgan fingerprint density at radius 1 is 1.22 bits per heavy atom. The van der Waals surface area contributed by atoms with Crippen LogP contribution in [0.15, 0.2) is 29.2 Å². The van der Waals surface area contributed by atoms with Gasteiger partial charge in [0.05, 0.1) is 10.9 Å². The van der Waals surface area contributed by atoms with Crippen molar-refractivity contribution in [1.29, 1.82) is 0 Å². The molecule has 2 atom stereocenters. The van der Waals surface area contributed by atoms with Crippen molar-refractivity contribution in [2.45, 2.75) is 69.4 Å².